The van der Waals surface area contributed by atoms with Crippen LogP contribution in [0, 0.1) is 0 Å². The number of hydrogen-bond donors (Lipinski definition) is 2. The van der Waals surface area contributed by atoms with Gasteiger partial charge in [-0.05, 0) is 37.2 Å². The van der Waals surface area contributed by atoms with Crippen LogP contribution < -0.4 is 5.32 Å². The molecule has 1 aromatic carbocycles. The lowest BCUT2D eigenvalue weighted by Crippen LogP contribution is -2.41. The third-order valence-corrected chi connectivity index (χ3v) is 4.13. The van der Waals surface area contributed by atoms with Gasteiger partial charge in [0.25, 0.3) is 0 Å². The molecular formula is C17H24N2O3. The summed E-state index contributed by atoms with van der Waals surface area (Å²) >= 11 is 0. The maximum atomic E-state index is 12.1. The van der Waals surface area contributed by atoms with Crippen molar-refractivity contribution in [3.05, 3.63) is 35.9 Å². The van der Waals surface area contributed by atoms with Gasteiger partial charge >= 0.3 is 12.0 Å². The minimum atomic E-state index is -0.824. The standard InChI is InChI=1S/C17H24N2O3/c20-16(21)9-4-11-18-17(22)19-12-5-8-15(10-13-19)14-6-2-1-3-7-14/h1-3,6-7,15H,4-5,8-13H2,(H,18,22)(H,20,21). The lowest BCUT2D eigenvalue weighted by atomic mass is 9.92. The summed E-state index contributed by atoms with van der Waals surface area (Å²) < 4.78 is 0. The van der Waals surface area contributed by atoms with Gasteiger partial charge < -0.3 is 15.3 Å². The Balaban J connectivity index is 1.77. The van der Waals surface area contributed by atoms with E-state index in [9.17, 15) is 9.59 Å². The summed E-state index contributed by atoms with van der Waals surface area (Å²) in [6.45, 7) is 1.95. The Hall–Kier alpha value is -2.04. The number of carboxylic acids is 1. The van der Waals surface area contributed by atoms with E-state index in [2.05, 4.69) is 29.6 Å². The first-order chi connectivity index (χ1) is 10.7. The number of nitrogens with one attached hydrogen (secondary N) is 1. The predicted molar refractivity (Wildman–Crippen MR) is 84.9 cm³/mol. The van der Waals surface area contributed by atoms with Gasteiger partial charge in [-0.15, -0.1) is 0 Å². The van der Waals surface area contributed by atoms with Crippen LogP contribution in [0.25, 0.3) is 0 Å². The quantitative estimate of drug-likeness (QED) is 0.822. The summed E-state index contributed by atoms with van der Waals surface area (Å²) in [7, 11) is 0. The van der Waals surface area contributed by atoms with Crippen LogP contribution in [0.3, 0.4) is 0 Å². The van der Waals surface area contributed by atoms with E-state index >= 15 is 0 Å². The minimum Gasteiger partial charge on any atom is -0.481 e. The van der Waals surface area contributed by atoms with Crippen LogP contribution in [-0.2, 0) is 4.79 Å². The number of amides is 2. The first-order valence-electron chi connectivity index (χ1n) is 7.96. The molecule has 2 amide bonds. The Labute approximate surface area is 131 Å². The molecule has 2 N–H and O–H groups in total. The average Bonchev–Trinajstić information content (AvgIpc) is 2.78. The van der Waals surface area contributed by atoms with Crippen LogP contribution in [0.1, 0.15) is 43.6 Å². The lowest BCUT2D eigenvalue weighted by Gasteiger charge is -2.21. The van der Waals surface area contributed by atoms with E-state index in [-0.39, 0.29) is 12.5 Å². The van der Waals surface area contributed by atoms with Crippen molar-refractivity contribution in [2.45, 2.75) is 38.0 Å². The van der Waals surface area contributed by atoms with E-state index in [1.807, 2.05) is 11.0 Å². The second kappa shape index (κ2) is 8.41. The molecule has 1 saturated heterocycles. The fourth-order valence-corrected chi connectivity index (χ4v) is 2.90. The summed E-state index contributed by atoms with van der Waals surface area (Å²) in [5.74, 6) is -0.305. The zero-order chi connectivity index (χ0) is 15.8. The minimum absolute atomic E-state index is 0.0703. The highest BCUT2D eigenvalue weighted by atomic mass is 16.4. The Bertz CT molecular complexity index is 490. The molecule has 2 rings (SSSR count). The van der Waals surface area contributed by atoms with Crippen molar-refractivity contribution in [2.75, 3.05) is 19.6 Å². The monoisotopic (exact) mass is 304 g/mol. The number of rotatable bonds is 5. The van der Waals surface area contributed by atoms with Crippen LogP contribution in [-0.4, -0.2) is 41.6 Å². The summed E-state index contributed by atoms with van der Waals surface area (Å²) in [5.41, 5.74) is 1.35. The van der Waals surface area contributed by atoms with Crippen molar-refractivity contribution in [1.29, 1.82) is 0 Å². The lowest BCUT2D eigenvalue weighted by molar-refractivity contribution is -0.137. The Morgan fingerprint density at radius 2 is 1.95 bits per heavy atom. The summed E-state index contributed by atoms with van der Waals surface area (Å²) in [6.07, 6.45) is 3.65. The van der Waals surface area contributed by atoms with Gasteiger partial charge in [-0.1, -0.05) is 30.3 Å². The van der Waals surface area contributed by atoms with Gasteiger partial charge in [0, 0.05) is 26.1 Å². The maximum Gasteiger partial charge on any atom is 0.317 e. The Kier molecular flexibility index (Phi) is 6.25. The van der Waals surface area contributed by atoms with Gasteiger partial charge in [-0.3, -0.25) is 4.79 Å². The first-order valence-corrected chi connectivity index (χ1v) is 7.96. The zero-order valence-corrected chi connectivity index (χ0v) is 12.8. The molecule has 1 atom stereocenters. The van der Waals surface area contributed by atoms with Gasteiger partial charge in [0.2, 0.25) is 0 Å². The second-order valence-corrected chi connectivity index (χ2v) is 5.75. The van der Waals surface area contributed by atoms with Crippen LogP contribution in [0.5, 0.6) is 0 Å². The van der Waals surface area contributed by atoms with Gasteiger partial charge in [0.05, 0.1) is 0 Å². The van der Waals surface area contributed by atoms with Gasteiger partial charge in [0.1, 0.15) is 0 Å². The van der Waals surface area contributed by atoms with Crippen LogP contribution in [0.2, 0.25) is 0 Å². The third-order valence-electron chi connectivity index (χ3n) is 4.13. The van der Waals surface area contributed by atoms with Gasteiger partial charge in [0.15, 0.2) is 0 Å². The number of aliphatic carboxylic acids is 1. The van der Waals surface area contributed by atoms with Gasteiger partial charge in [-0.25, -0.2) is 4.79 Å². The summed E-state index contributed by atoms with van der Waals surface area (Å²) in [5, 5.41) is 11.4. The Morgan fingerprint density at radius 3 is 2.68 bits per heavy atom. The second-order valence-electron chi connectivity index (χ2n) is 5.75. The predicted octanol–water partition coefficient (Wildman–Crippen LogP) is 2.83. The number of hydrogen-bond acceptors (Lipinski definition) is 2. The molecule has 1 aliphatic rings. The van der Waals surface area contributed by atoms with E-state index in [0.29, 0.717) is 18.9 Å². The van der Waals surface area contributed by atoms with Crippen molar-refractivity contribution in [3.63, 3.8) is 0 Å². The van der Waals surface area contributed by atoms with Crippen molar-refractivity contribution < 1.29 is 14.7 Å². The molecule has 1 aromatic rings. The maximum absolute atomic E-state index is 12.1. The highest BCUT2D eigenvalue weighted by molar-refractivity contribution is 5.74. The average molecular weight is 304 g/mol. The molecule has 5 heteroatoms. The molecule has 0 saturated carbocycles. The van der Waals surface area contributed by atoms with Crippen LogP contribution in [0.4, 0.5) is 4.79 Å². The SMILES string of the molecule is O=C(O)CCCNC(=O)N1CCCC(c2ccccc2)CC1. The largest absolute Gasteiger partial charge is 0.481 e. The number of carbonyl (C=O) groups is 2. The number of nitrogens with zero attached hydrogens (tertiary/aromatic N) is 1. The van der Waals surface area contributed by atoms with E-state index in [1.54, 1.807) is 0 Å². The third kappa shape index (κ3) is 5.06. The van der Waals surface area contributed by atoms with Gasteiger partial charge in [-0.2, -0.15) is 0 Å². The molecule has 1 unspecified atom stereocenters. The van der Waals surface area contributed by atoms with Crippen LogP contribution in [0.15, 0.2) is 30.3 Å². The topological polar surface area (TPSA) is 69.6 Å². The number of carboxylic acid groups (broad SMARTS) is 1. The van der Waals surface area contributed by atoms with E-state index in [1.165, 1.54) is 5.56 Å². The fourth-order valence-electron chi connectivity index (χ4n) is 2.90. The number of likely N-dealkylation sites (tertiary alicyclic amines) is 1. The van der Waals surface area contributed by atoms with E-state index in [4.69, 9.17) is 5.11 Å². The highest BCUT2D eigenvalue weighted by Gasteiger charge is 2.21. The number of carbonyl (C=O) groups excluding carboxylic acids is 1. The summed E-state index contributed by atoms with van der Waals surface area (Å²) in [4.78, 5) is 24.4. The van der Waals surface area contributed by atoms with E-state index < -0.39 is 5.97 Å². The molecule has 0 aliphatic carbocycles. The smallest absolute Gasteiger partial charge is 0.317 e. The highest BCUT2D eigenvalue weighted by Crippen LogP contribution is 2.27. The molecule has 120 valence electrons. The molecule has 1 aliphatic heterocycles. The number of benzene rings is 1. The first kappa shape index (κ1) is 16.3. The normalized spacial score (nSPS) is 18.5. The van der Waals surface area contributed by atoms with Crippen LogP contribution >= 0.6 is 0 Å². The molecule has 0 spiro atoms. The molecule has 0 bridgehead atoms. The molecule has 1 heterocycles. The van der Waals surface area contributed by atoms with E-state index in [0.717, 1.165) is 32.4 Å². The van der Waals surface area contributed by atoms with Crippen molar-refractivity contribution in [1.82, 2.24) is 10.2 Å². The Morgan fingerprint density at radius 1 is 1.18 bits per heavy atom. The van der Waals surface area contributed by atoms with Crippen molar-refractivity contribution in [3.8, 4) is 0 Å². The molecule has 0 aromatic heterocycles. The summed E-state index contributed by atoms with van der Waals surface area (Å²) in [6, 6.07) is 10.4. The molecule has 5 nitrogen and oxygen atoms in total. The zero-order valence-electron chi connectivity index (χ0n) is 12.8. The molecule has 22 heavy (non-hydrogen) atoms. The number of urea groups is 1. The molecular weight excluding hydrogens is 280 g/mol. The molecule has 1 fully saturated rings. The molecule has 0 radical (unpaired) electrons. The van der Waals surface area contributed by atoms with Crippen molar-refractivity contribution in [2.24, 2.45) is 0 Å². The fraction of sp³-hybridized carbons (Fsp3) is 0.529. The van der Waals surface area contributed by atoms with Crippen molar-refractivity contribution >= 4 is 12.0 Å².